The zero-order chi connectivity index (χ0) is 20.5. The van der Waals surface area contributed by atoms with Crippen LogP contribution in [0.2, 0.25) is 0 Å². The monoisotopic (exact) mass is 406 g/mol. The van der Waals surface area contributed by atoms with Crippen molar-refractivity contribution >= 4 is 15.9 Å². The van der Waals surface area contributed by atoms with Crippen LogP contribution in [0.15, 0.2) is 29.2 Å². The number of carbonyl (C=O) groups is 1. The molecule has 1 saturated carbocycles. The molecule has 2 aliphatic rings. The predicted molar refractivity (Wildman–Crippen MR) is 112 cm³/mol. The fraction of sp³-hybridized carbons (Fsp3) is 0.682. The van der Waals surface area contributed by atoms with Crippen LogP contribution in [0.1, 0.15) is 63.7 Å². The van der Waals surface area contributed by atoms with Crippen LogP contribution in [0.4, 0.5) is 0 Å². The molecule has 5 atom stereocenters. The van der Waals surface area contributed by atoms with E-state index in [9.17, 15) is 13.2 Å². The first kappa shape index (κ1) is 21.3. The highest BCUT2D eigenvalue weighted by Gasteiger charge is 2.32. The molecular formula is C22H34N2O3S. The Kier molecular flexibility index (Phi) is 6.50. The molecule has 1 aromatic rings. The van der Waals surface area contributed by atoms with Gasteiger partial charge in [-0.05, 0) is 54.7 Å². The van der Waals surface area contributed by atoms with Gasteiger partial charge in [-0.15, -0.1) is 0 Å². The van der Waals surface area contributed by atoms with Crippen molar-refractivity contribution in [3.63, 3.8) is 0 Å². The quantitative estimate of drug-likeness (QED) is 0.824. The van der Waals surface area contributed by atoms with Crippen molar-refractivity contribution in [3.05, 3.63) is 29.8 Å². The number of nitrogens with one attached hydrogen (secondary N) is 1. The minimum absolute atomic E-state index is 0.153. The Labute approximate surface area is 169 Å². The third-order valence-corrected chi connectivity index (χ3v) is 8.42. The topological polar surface area (TPSA) is 66.5 Å². The number of piperidine rings is 1. The third-order valence-electron chi connectivity index (χ3n) is 6.59. The largest absolute Gasteiger partial charge is 0.349 e. The smallest absolute Gasteiger partial charge is 0.251 e. The molecule has 1 aliphatic carbocycles. The second-order valence-corrected chi connectivity index (χ2v) is 11.1. The molecule has 1 aromatic carbocycles. The van der Waals surface area contributed by atoms with Gasteiger partial charge in [-0.1, -0.05) is 46.6 Å². The van der Waals surface area contributed by atoms with Crippen LogP contribution in [-0.2, 0) is 10.0 Å². The Morgan fingerprint density at radius 3 is 2.43 bits per heavy atom. The van der Waals surface area contributed by atoms with E-state index in [1.807, 2.05) is 0 Å². The van der Waals surface area contributed by atoms with Crippen molar-refractivity contribution < 1.29 is 13.2 Å². The Hall–Kier alpha value is -1.40. The first-order valence-corrected chi connectivity index (χ1v) is 12.0. The first-order chi connectivity index (χ1) is 13.2. The summed E-state index contributed by atoms with van der Waals surface area (Å²) in [6, 6.07) is 6.66. The van der Waals surface area contributed by atoms with E-state index in [1.165, 1.54) is 12.5 Å². The standard InChI is InChI=1S/C22H34N2O3S/c1-15-11-16(2)14-24(13-15)28(26,27)20-9-6-8-19(12-20)22(25)23-21-10-5-7-17(3)18(21)4/h6,8-9,12,15-18,21H,5,7,10-11,13-14H2,1-4H3,(H,23,25)/t15-,16+,17-,18-,21+/m1/s1. The Balaban J connectivity index is 1.77. The molecular weight excluding hydrogens is 372 g/mol. The number of nitrogens with zero attached hydrogens (tertiary/aromatic N) is 1. The van der Waals surface area contributed by atoms with Crippen LogP contribution in [-0.4, -0.2) is 37.8 Å². The molecule has 2 fully saturated rings. The maximum Gasteiger partial charge on any atom is 0.251 e. The molecule has 0 unspecified atom stereocenters. The number of sulfonamides is 1. The SMILES string of the molecule is C[C@@H]1C[C@H](C)CN(S(=O)(=O)c2cccc(C(=O)N[C@H]3CCC[C@@H](C)[C@H]3C)c2)C1. The minimum Gasteiger partial charge on any atom is -0.349 e. The fourth-order valence-corrected chi connectivity index (χ4v) is 6.51. The molecule has 0 bridgehead atoms. The molecule has 0 aromatic heterocycles. The summed E-state index contributed by atoms with van der Waals surface area (Å²) in [5.74, 6) is 1.54. The Morgan fingerprint density at radius 2 is 1.75 bits per heavy atom. The normalized spacial score (nSPS) is 32.1. The highest BCUT2D eigenvalue weighted by atomic mass is 32.2. The lowest BCUT2D eigenvalue weighted by Gasteiger charge is -2.35. The summed E-state index contributed by atoms with van der Waals surface area (Å²) in [4.78, 5) is 13.0. The lowest BCUT2D eigenvalue weighted by Crippen LogP contribution is -2.44. The third kappa shape index (κ3) is 4.60. The Morgan fingerprint density at radius 1 is 1.07 bits per heavy atom. The van der Waals surface area contributed by atoms with Crippen LogP contribution in [0.3, 0.4) is 0 Å². The van der Waals surface area contributed by atoms with Crippen LogP contribution < -0.4 is 5.32 Å². The second kappa shape index (κ2) is 8.54. The molecule has 1 aliphatic heterocycles. The average Bonchev–Trinajstić information content (AvgIpc) is 2.64. The minimum atomic E-state index is -3.58. The molecule has 1 saturated heterocycles. The highest BCUT2D eigenvalue weighted by molar-refractivity contribution is 7.89. The molecule has 5 nitrogen and oxygen atoms in total. The average molecular weight is 407 g/mol. The van der Waals surface area contributed by atoms with Gasteiger partial charge in [0.1, 0.15) is 0 Å². The number of carbonyl (C=O) groups excluding carboxylic acids is 1. The van der Waals surface area contributed by atoms with Gasteiger partial charge in [-0.25, -0.2) is 8.42 Å². The maximum atomic E-state index is 13.1. The van der Waals surface area contributed by atoms with Crippen LogP contribution in [0.25, 0.3) is 0 Å². The molecule has 1 amide bonds. The van der Waals surface area contributed by atoms with Crippen molar-refractivity contribution in [1.29, 1.82) is 0 Å². The second-order valence-electron chi connectivity index (χ2n) is 9.14. The lowest BCUT2D eigenvalue weighted by molar-refractivity contribution is 0.0891. The molecule has 28 heavy (non-hydrogen) atoms. The highest BCUT2D eigenvalue weighted by Crippen LogP contribution is 2.30. The fourth-order valence-electron chi connectivity index (χ4n) is 4.79. The molecule has 156 valence electrons. The summed E-state index contributed by atoms with van der Waals surface area (Å²) >= 11 is 0. The van der Waals surface area contributed by atoms with E-state index < -0.39 is 10.0 Å². The van der Waals surface area contributed by atoms with Gasteiger partial charge >= 0.3 is 0 Å². The van der Waals surface area contributed by atoms with E-state index in [2.05, 4.69) is 33.0 Å². The van der Waals surface area contributed by atoms with Gasteiger partial charge in [0.15, 0.2) is 0 Å². The van der Waals surface area contributed by atoms with Crippen LogP contribution in [0, 0.1) is 23.7 Å². The van der Waals surface area contributed by atoms with Gasteiger partial charge in [0.05, 0.1) is 4.90 Å². The molecule has 1 heterocycles. The number of amides is 1. The van der Waals surface area contributed by atoms with Crippen LogP contribution in [0.5, 0.6) is 0 Å². The number of rotatable bonds is 4. The number of hydrogen-bond acceptors (Lipinski definition) is 3. The summed E-state index contributed by atoms with van der Waals surface area (Å²) in [5.41, 5.74) is 0.421. The lowest BCUT2D eigenvalue weighted by atomic mass is 9.78. The van der Waals surface area contributed by atoms with E-state index in [4.69, 9.17) is 0 Å². The van der Waals surface area contributed by atoms with Gasteiger partial charge in [0, 0.05) is 24.7 Å². The molecule has 0 spiro atoms. The van der Waals surface area contributed by atoms with Gasteiger partial charge in [-0.2, -0.15) is 4.31 Å². The summed E-state index contributed by atoms with van der Waals surface area (Å²) in [5, 5.41) is 3.14. The van der Waals surface area contributed by atoms with Crippen molar-refractivity contribution in [3.8, 4) is 0 Å². The van der Waals surface area contributed by atoms with E-state index >= 15 is 0 Å². The van der Waals surface area contributed by atoms with E-state index in [1.54, 1.807) is 22.5 Å². The van der Waals surface area contributed by atoms with Gasteiger partial charge < -0.3 is 5.32 Å². The first-order valence-electron chi connectivity index (χ1n) is 10.6. The van der Waals surface area contributed by atoms with E-state index in [0.29, 0.717) is 42.3 Å². The van der Waals surface area contributed by atoms with Crippen molar-refractivity contribution in [2.45, 2.75) is 64.3 Å². The zero-order valence-corrected chi connectivity index (χ0v) is 18.3. The van der Waals surface area contributed by atoms with Gasteiger partial charge in [-0.3, -0.25) is 4.79 Å². The maximum absolute atomic E-state index is 13.1. The van der Waals surface area contributed by atoms with Gasteiger partial charge in [0.25, 0.3) is 5.91 Å². The summed E-state index contributed by atoms with van der Waals surface area (Å²) < 4.78 is 27.8. The van der Waals surface area contributed by atoms with Crippen LogP contribution >= 0.6 is 0 Å². The number of benzene rings is 1. The number of hydrogen-bond donors (Lipinski definition) is 1. The summed E-state index contributed by atoms with van der Waals surface area (Å²) in [7, 11) is -3.58. The molecule has 1 N–H and O–H groups in total. The predicted octanol–water partition coefficient (Wildman–Crippen LogP) is 3.91. The van der Waals surface area contributed by atoms with E-state index in [-0.39, 0.29) is 16.8 Å². The van der Waals surface area contributed by atoms with Gasteiger partial charge in [0.2, 0.25) is 10.0 Å². The molecule has 0 radical (unpaired) electrons. The van der Waals surface area contributed by atoms with Crippen molar-refractivity contribution in [2.24, 2.45) is 23.7 Å². The summed E-state index contributed by atoms with van der Waals surface area (Å²) in [6.45, 7) is 9.69. The van der Waals surface area contributed by atoms with Crippen molar-refractivity contribution in [2.75, 3.05) is 13.1 Å². The van der Waals surface area contributed by atoms with E-state index in [0.717, 1.165) is 19.3 Å². The Bertz CT molecular complexity index is 798. The summed E-state index contributed by atoms with van der Waals surface area (Å²) in [6.07, 6.45) is 4.36. The molecule has 6 heteroatoms. The van der Waals surface area contributed by atoms with Crippen molar-refractivity contribution in [1.82, 2.24) is 9.62 Å². The molecule has 3 rings (SSSR count). The zero-order valence-electron chi connectivity index (χ0n) is 17.5.